The van der Waals surface area contributed by atoms with Crippen molar-refractivity contribution in [2.45, 2.75) is 60.7 Å². The van der Waals surface area contributed by atoms with Gasteiger partial charge in [-0.05, 0) is 6.42 Å². The standard InChI is InChI=1S/C25H33N8O6P/c26-20-13(34)5-11(38-20)7-36-24-6-12-14(39-21(27)17(12)35)8-37-25(40)16-19(25)31-10-33-23(16)29-4-2-1-3-28-22-15(24)18(24)30-9-32-22/h1-2,9-14,17,20-21,34-35H,3-8,26-27,40H2,(H,28,30,32)(H,29,31,33)/b2-1+/t11-,12+,13+,14+,17+,20+,21+,24?,25?/m0/s1. The molecular weight excluding hydrogens is 539 g/mol. The van der Waals surface area contributed by atoms with Gasteiger partial charge in [0.2, 0.25) is 0 Å². The minimum Gasteiger partial charge on any atom is -0.389 e. The SMILES string of the molecule is N[C@@H]1O[C@@H]2COC3(P)c4ncnc(c43)NC/C=C/CNc3ncnc4c3C4(OC[C@@H]3C[C@@H](O)[C@H](N)O3)C[C@H]2[C@H]1O. The largest absolute Gasteiger partial charge is 0.389 e. The van der Waals surface area contributed by atoms with Gasteiger partial charge in [0.05, 0.1) is 60.1 Å². The normalized spacial score (nSPS) is 40.6. The lowest BCUT2D eigenvalue weighted by Crippen LogP contribution is -2.37. The van der Waals surface area contributed by atoms with Crippen LogP contribution in [0.1, 0.15) is 35.4 Å². The van der Waals surface area contributed by atoms with Crippen molar-refractivity contribution in [2.75, 3.05) is 36.9 Å². The van der Waals surface area contributed by atoms with E-state index < -0.39 is 47.6 Å². The fourth-order valence-corrected chi connectivity index (χ4v) is 6.62. The summed E-state index contributed by atoms with van der Waals surface area (Å²) in [6.07, 6.45) is 3.42. The quantitative estimate of drug-likeness (QED) is 0.189. The molecular formula is C25H33N8O6P. The van der Waals surface area contributed by atoms with Gasteiger partial charge in [0, 0.05) is 25.4 Å². The molecule has 0 aromatic carbocycles. The molecule has 15 heteroatoms. The van der Waals surface area contributed by atoms with Crippen LogP contribution in [-0.2, 0) is 29.9 Å². The fraction of sp³-hybridized carbons (Fsp3) is 0.600. The molecule has 10 atom stereocenters. The molecule has 2 aromatic heterocycles. The summed E-state index contributed by atoms with van der Waals surface area (Å²) in [5, 5.41) is 27.1. The zero-order valence-electron chi connectivity index (χ0n) is 21.6. The molecule has 5 heterocycles. The summed E-state index contributed by atoms with van der Waals surface area (Å²) in [5.74, 6) is 0.913. The van der Waals surface area contributed by atoms with Gasteiger partial charge in [-0.15, -0.1) is 0 Å². The highest BCUT2D eigenvalue weighted by Gasteiger charge is 2.61. The van der Waals surface area contributed by atoms with Crippen LogP contribution in [0, 0.1) is 5.92 Å². The molecule has 0 radical (unpaired) electrons. The number of fused-ring (bicyclic) bond motifs is 3. The number of nitrogens with two attached hydrogens (primary N) is 2. The van der Waals surface area contributed by atoms with Crippen molar-refractivity contribution in [3.63, 3.8) is 0 Å². The minimum atomic E-state index is -0.961. The lowest BCUT2D eigenvalue weighted by Gasteiger charge is -2.27. The lowest BCUT2D eigenvalue weighted by atomic mass is 9.89. The Bertz CT molecular complexity index is 1330. The van der Waals surface area contributed by atoms with Crippen LogP contribution >= 0.6 is 9.24 Å². The van der Waals surface area contributed by atoms with E-state index in [2.05, 4.69) is 39.8 Å². The number of nitrogens with one attached hydrogen (secondary N) is 2. The molecule has 2 saturated heterocycles. The average Bonchev–Trinajstić information content (AvgIpc) is 3.69. The zero-order valence-corrected chi connectivity index (χ0v) is 22.8. The highest BCUT2D eigenvalue weighted by atomic mass is 31.0. The van der Waals surface area contributed by atoms with E-state index >= 15 is 0 Å². The number of nitrogens with zero attached hydrogens (tertiary/aromatic N) is 4. The van der Waals surface area contributed by atoms with Crippen LogP contribution in [-0.4, -0.2) is 93.3 Å². The molecule has 14 nitrogen and oxygen atoms in total. The van der Waals surface area contributed by atoms with Gasteiger partial charge in [0.25, 0.3) is 0 Å². The number of rotatable bonds is 3. The third-order valence-electron chi connectivity index (χ3n) is 8.35. The number of hydrogen-bond donors (Lipinski definition) is 6. The molecule has 3 aliphatic heterocycles. The molecule has 7 rings (SSSR count). The second kappa shape index (κ2) is 9.86. The van der Waals surface area contributed by atoms with E-state index in [-0.39, 0.29) is 19.3 Å². The Balaban J connectivity index is 1.19. The molecule has 214 valence electrons. The molecule has 2 aromatic rings. The average molecular weight is 573 g/mol. The summed E-state index contributed by atoms with van der Waals surface area (Å²) in [6, 6.07) is 0. The summed E-state index contributed by atoms with van der Waals surface area (Å²) in [5.41, 5.74) is 14.3. The van der Waals surface area contributed by atoms with Gasteiger partial charge in [-0.2, -0.15) is 0 Å². The second-order valence-electron chi connectivity index (χ2n) is 10.8. The molecule has 8 N–H and O–H groups in total. The van der Waals surface area contributed by atoms with Crippen molar-refractivity contribution in [3.8, 4) is 0 Å². The summed E-state index contributed by atoms with van der Waals surface area (Å²) < 4.78 is 24.6. The van der Waals surface area contributed by atoms with Crippen LogP contribution in [0.5, 0.6) is 0 Å². The highest BCUT2D eigenvalue weighted by Crippen LogP contribution is 2.59. The van der Waals surface area contributed by atoms with E-state index in [4.69, 9.17) is 30.4 Å². The Hall–Kier alpha value is -2.39. The molecule has 0 amide bonds. The van der Waals surface area contributed by atoms with Gasteiger partial charge in [0.1, 0.15) is 42.3 Å². The number of anilines is 2. The highest BCUT2D eigenvalue weighted by molar-refractivity contribution is 7.19. The predicted octanol–water partition coefficient (Wildman–Crippen LogP) is -1.17. The number of ether oxygens (including phenoxy) is 4. The summed E-state index contributed by atoms with van der Waals surface area (Å²) in [7, 11) is 2.72. The molecule has 0 saturated carbocycles. The maximum absolute atomic E-state index is 11.1. The Morgan fingerprint density at radius 1 is 0.975 bits per heavy atom. The maximum Gasteiger partial charge on any atom is 0.154 e. The van der Waals surface area contributed by atoms with E-state index in [1.807, 2.05) is 12.2 Å². The van der Waals surface area contributed by atoms with Gasteiger partial charge in [-0.3, -0.25) is 0 Å². The minimum absolute atomic E-state index is 0.157. The smallest absolute Gasteiger partial charge is 0.154 e. The number of hydrogen-bond acceptors (Lipinski definition) is 14. The Morgan fingerprint density at radius 3 is 2.38 bits per heavy atom. The summed E-state index contributed by atoms with van der Waals surface area (Å²) >= 11 is 0. The molecule has 3 unspecified atom stereocenters. The fourth-order valence-electron chi connectivity index (χ4n) is 6.10. The van der Waals surface area contributed by atoms with E-state index in [0.29, 0.717) is 37.6 Å². The molecule has 40 heavy (non-hydrogen) atoms. The topological polar surface area (TPSA) is 205 Å². The number of aliphatic hydroxyl groups excluding tert-OH is 2. The van der Waals surface area contributed by atoms with Gasteiger partial charge in [-0.1, -0.05) is 21.4 Å². The molecule has 0 spiro atoms. The van der Waals surface area contributed by atoms with E-state index in [9.17, 15) is 10.2 Å². The van der Waals surface area contributed by atoms with Crippen molar-refractivity contribution < 1.29 is 29.2 Å². The lowest BCUT2D eigenvalue weighted by molar-refractivity contribution is -0.0818. The van der Waals surface area contributed by atoms with Crippen molar-refractivity contribution in [3.05, 3.63) is 47.3 Å². The van der Waals surface area contributed by atoms with Crippen LogP contribution in [0.3, 0.4) is 0 Å². The maximum atomic E-state index is 11.1. The molecule has 2 aliphatic carbocycles. The first-order chi connectivity index (χ1) is 19.3. The van der Waals surface area contributed by atoms with Crippen LogP contribution in [0.4, 0.5) is 11.6 Å². The van der Waals surface area contributed by atoms with Crippen molar-refractivity contribution >= 4 is 20.9 Å². The number of aliphatic hydroxyl groups is 2. The third-order valence-corrected chi connectivity index (χ3v) is 9.08. The van der Waals surface area contributed by atoms with Gasteiger partial charge in [-0.25, -0.2) is 19.9 Å². The second-order valence-corrected chi connectivity index (χ2v) is 11.6. The van der Waals surface area contributed by atoms with E-state index in [0.717, 1.165) is 22.5 Å². The number of aromatic nitrogens is 4. The Morgan fingerprint density at radius 2 is 1.68 bits per heavy atom. The first-order valence-electron chi connectivity index (χ1n) is 13.4. The first kappa shape index (κ1) is 26.5. The van der Waals surface area contributed by atoms with Crippen LogP contribution in [0.15, 0.2) is 24.8 Å². The van der Waals surface area contributed by atoms with Crippen LogP contribution in [0.25, 0.3) is 0 Å². The van der Waals surface area contributed by atoms with E-state index in [1.165, 1.54) is 12.7 Å². The Labute approximate surface area is 232 Å². The van der Waals surface area contributed by atoms with Gasteiger partial charge >= 0.3 is 0 Å². The van der Waals surface area contributed by atoms with E-state index in [1.54, 1.807) is 0 Å². The van der Waals surface area contributed by atoms with Crippen molar-refractivity contribution in [1.29, 1.82) is 0 Å². The molecule has 2 fully saturated rings. The van der Waals surface area contributed by atoms with Gasteiger partial charge in [0.15, 0.2) is 5.34 Å². The van der Waals surface area contributed by atoms with Gasteiger partial charge < -0.3 is 51.3 Å². The third kappa shape index (κ3) is 4.30. The van der Waals surface area contributed by atoms with Crippen molar-refractivity contribution in [1.82, 2.24) is 19.9 Å². The van der Waals surface area contributed by atoms with Crippen LogP contribution < -0.4 is 22.1 Å². The summed E-state index contributed by atoms with van der Waals surface area (Å²) in [4.78, 5) is 17.8. The predicted molar refractivity (Wildman–Crippen MR) is 144 cm³/mol. The molecule has 5 aliphatic rings. The first-order valence-corrected chi connectivity index (χ1v) is 14.0. The summed E-state index contributed by atoms with van der Waals surface area (Å²) in [6.45, 7) is 1.42. The Kier molecular flexibility index (Phi) is 6.53. The zero-order chi connectivity index (χ0) is 27.6. The molecule has 0 bridgehead atoms. The van der Waals surface area contributed by atoms with Crippen molar-refractivity contribution in [2.24, 2.45) is 17.4 Å². The van der Waals surface area contributed by atoms with Crippen LogP contribution in [0.2, 0.25) is 0 Å². The monoisotopic (exact) mass is 572 g/mol.